The van der Waals surface area contributed by atoms with E-state index in [2.05, 4.69) is 0 Å². The molecule has 0 N–H and O–H groups in total. The van der Waals surface area contributed by atoms with Crippen molar-refractivity contribution in [2.24, 2.45) is 0 Å². The van der Waals surface area contributed by atoms with Gasteiger partial charge in [0.2, 0.25) is 11.4 Å². The van der Waals surface area contributed by atoms with Crippen LogP contribution in [0.15, 0.2) is 36.4 Å². The number of benzene rings is 2. The molecular weight excluding hydrogens is 349 g/mol. The van der Waals surface area contributed by atoms with Gasteiger partial charge < -0.3 is 9.47 Å². The Labute approximate surface area is 148 Å². The van der Waals surface area contributed by atoms with E-state index in [4.69, 9.17) is 9.47 Å². The molecule has 0 heterocycles. The fraction of sp³-hybridized carbons (Fsp3) is 0.368. The van der Waals surface area contributed by atoms with Crippen LogP contribution in [-0.4, -0.2) is 30.6 Å². The third-order valence-corrected chi connectivity index (χ3v) is 3.99. The van der Waals surface area contributed by atoms with E-state index in [0.29, 0.717) is 5.39 Å². The van der Waals surface area contributed by atoms with Crippen LogP contribution in [0.2, 0.25) is 0 Å². The predicted molar refractivity (Wildman–Crippen MR) is 89.9 cm³/mol. The molecule has 0 aliphatic heterocycles. The van der Waals surface area contributed by atoms with Gasteiger partial charge in [-0.1, -0.05) is 30.3 Å². The minimum absolute atomic E-state index is 0.0313. The maximum atomic E-state index is 13.6. The second-order valence-electron chi connectivity index (χ2n) is 5.72. The first kappa shape index (κ1) is 19.9. The third-order valence-electron chi connectivity index (χ3n) is 3.99. The lowest BCUT2D eigenvalue weighted by Crippen LogP contribution is -2.48. The Morgan fingerprint density at radius 1 is 1.00 bits per heavy atom. The summed E-state index contributed by atoms with van der Waals surface area (Å²) in [6.07, 6.45) is -4.77. The molecule has 0 fully saturated rings. The van der Waals surface area contributed by atoms with E-state index >= 15 is 0 Å². The molecule has 0 saturated carbocycles. The van der Waals surface area contributed by atoms with E-state index in [-0.39, 0.29) is 18.6 Å². The molecule has 0 saturated heterocycles. The van der Waals surface area contributed by atoms with Crippen molar-refractivity contribution in [2.75, 3.05) is 13.2 Å². The number of rotatable bonds is 6. The van der Waals surface area contributed by atoms with Gasteiger partial charge in [-0.2, -0.15) is 13.2 Å². The maximum absolute atomic E-state index is 13.6. The Kier molecular flexibility index (Phi) is 5.71. The van der Waals surface area contributed by atoms with E-state index in [9.17, 15) is 22.8 Å². The molecule has 4 nitrogen and oxygen atoms in total. The second-order valence-corrected chi connectivity index (χ2v) is 5.72. The van der Waals surface area contributed by atoms with E-state index in [0.717, 1.165) is 13.0 Å². The van der Waals surface area contributed by atoms with E-state index in [1.807, 2.05) is 0 Å². The fourth-order valence-electron chi connectivity index (χ4n) is 2.77. The Hall–Kier alpha value is -2.41. The first-order chi connectivity index (χ1) is 12.2. The average molecular weight is 368 g/mol. The molecular formula is C19H19F3O4. The lowest BCUT2D eigenvalue weighted by molar-refractivity contribution is -0.163. The molecule has 0 aromatic heterocycles. The number of halogens is 3. The molecule has 26 heavy (non-hydrogen) atoms. The number of carbonyl (C=O) groups is 2. The van der Waals surface area contributed by atoms with Gasteiger partial charge in [0.25, 0.3) is 0 Å². The molecule has 1 unspecified atom stereocenters. The van der Waals surface area contributed by atoms with Crippen molar-refractivity contribution in [1.29, 1.82) is 0 Å². The first-order valence-corrected chi connectivity index (χ1v) is 8.11. The summed E-state index contributed by atoms with van der Waals surface area (Å²) in [4.78, 5) is 25.4. The molecule has 2 rings (SSSR count). The van der Waals surface area contributed by atoms with Gasteiger partial charge in [0.05, 0.1) is 12.2 Å². The number of Topliss-reactive ketones (excluding diaryl/α,β-unsaturated/α-hetero) is 1. The highest BCUT2D eigenvalue weighted by Gasteiger charge is 2.48. The van der Waals surface area contributed by atoms with Gasteiger partial charge in [-0.3, -0.25) is 4.79 Å². The average Bonchev–Trinajstić information content (AvgIpc) is 2.59. The minimum atomic E-state index is -4.77. The lowest BCUT2D eigenvalue weighted by Gasteiger charge is -2.27. The summed E-state index contributed by atoms with van der Waals surface area (Å²) in [7, 11) is 0. The number of hydrogen-bond acceptors (Lipinski definition) is 4. The molecule has 140 valence electrons. The van der Waals surface area contributed by atoms with Crippen LogP contribution in [-0.2, 0) is 20.4 Å². The highest BCUT2D eigenvalue weighted by molar-refractivity contribution is 6.21. The number of ketones is 1. The van der Waals surface area contributed by atoms with Gasteiger partial charge in [0, 0.05) is 12.2 Å². The number of esters is 1. The molecule has 0 aliphatic rings. The van der Waals surface area contributed by atoms with Gasteiger partial charge in [0.1, 0.15) is 0 Å². The molecule has 0 aliphatic carbocycles. The van der Waals surface area contributed by atoms with Crippen molar-refractivity contribution in [1.82, 2.24) is 0 Å². The molecule has 1 atom stereocenters. The van der Waals surface area contributed by atoms with Crippen molar-refractivity contribution >= 4 is 22.5 Å². The summed E-state index contributed by atoms with van der Waals surface area (Å²) in [5, 5.41) is 0.550. The van der Waals surface area contributed by atoms with Gasteiger partial charge in [-0.15, -0.1) is 0 Å². The lowest BCUT2D eigenvalue weighted by atomic mass is 9.87. The van der Waals surface area contributed by atoms with Crippen molar-refractivity contribution in [3.8, 4) is 0 Å². The van der Waals surface area contributed by atoms with Crippen LogP contribution >= 0.6 is 0 Å². The van der Waals surface area contributed by atoms with E-state index in [1.165, 1.54) is 25.1 Å². The first-order valence-electron chi connectivity index (χ1n) is 8.11. The van der Waals surface area contributed by atoms with Crippen molar-refractivity contribution in [2.45, 2.75) is 32.5 Å². The van der Waals surface area contributed by atoms with E-state index < -0.39 is 34.7 Å². The van der Waals surface area contributed by atoms with Crippen LogP contribution in [0.1, 0.15) is 36.7 Å². The van der Waals surface area contributed by atoms with Crippen LogP contribution in [0.25, 0.3) is 10.8 Å². The molecule has 0 radical (unpaired) electrons. The number of fused-ring (bicyclic) bond motifs is 1. The quantitative estimate of drug-likeness (QED) is 0.431. The number of carbonyl (C=O) groups excluding carboxylic acids is 2. The zero-order chi connectivity index (χ0) is 19.5. The summed E-state index contributed by atoms with van der Waals surface area (Å²) in [5.41, 5.74) is -3.88. The maximum Gasteiger partial charge on any atom is 0.417 e. The van der Waals surface area contributed by atoms with Gasteiger partial charge in [0.15, 0.2) is 0 Å². The summed E-state index contributed by atoms with van der Waals surface area (Å²) in [5.74, 6) is -2.10. The third kappa shape index (κ3) is 3.58. The SMILES string of the molecule is CCOC(=O)C(C)(OCC)C(=O)c1c(C(F)(F)F)ccc2ccccc12. The Balaban J connectivity index is 2.77. The molecule has 0 bridgehead atoms. The molecule has 0 amide bonds. The number of alkyl halides is 3. The van der Waals surface area contributed by atoms with Crippen LogP contribution in [0.4, 0.5) is 13.2 Å². The highest BCUT2D eigenvalue weighted by atomic mass is 19.4. The zero-order valence-corrected chi connectivity index (χ0v) is 14.6. The fourth-order valence-corrected chi connectivity index (χ4v) is 2.77. The predicted octanol–water partition coefficient (Wildman–Crippen LogP) is 4.40. The summed E-state index contributed by atoms with van der Waals surface area (Å²) >= 11 is 0. The minimum Gasteiger partial charge on any atom is -0.464 e. The van der Waals surface area contributed by atoms with Crippen molar-refractivity contribution in [3.63, 3.8) is 0 Å². The Bertz CT molecular complexity index is 829. The van der Waals surface area contributed by atoms with Gasteiger partial charge in [-0.05, 0) is 37.6 Å². The summed E-state index contributed by atoms with van der Waals surface area (Å²) in [6.45, 7) is 4.13. The monoisotopic (exact) mass is 368 g/mol. The van der Waals surface area contributed by atoms with Crippen LogP contribution in [0, 0.1) is 0 Å². The van der Waals surface area contributed by atoms with E-state index in [1.54, 1.807) is 19.1 Å². The topological polar surface area (TPSA) is 52.6 Å². The number of ether oxygens (including phenoxy) is 2. The number of hydrogen-bond donors (Lipinski definition) is 0. The van der Waals surface area contributed by atoms with Crippen molar-refractivity contribution in [3.05, 3.63) is 47.5 Å². The summed E-state index contributed by atoms with van der Waals surface area (Å²) in [6, 6.07) is 8.31. The Morgan fingerprint density at radius 2 is 1.65 bits per heavy atom. The molecule has 7 heteroatoms. The largest absolute Gasteiger partial charge is 0.464 e. The standard InChI is InChI=1S/C19H19F3O4/c1-4-25-17(24)18(3,26-5-2)16(23)15-13-9-7-6-8-12(13)10-11-14(15)19(20,21)22/h6-11H,4-5H2,1-3H3. The van der Waals surface area contributed by atoms with Crippen LogP contribution in [0.5, 0.6) is 0 Å². The van der Waals surface area contributed by atoms with Crippen LogP contribution < -0.4 is 0 Å². The zero-order valence-electron chi connectivity index (χ0n) is 14.6. The molecule has 2 aromatic carbocycles. The molecule has 0 spiro atoms. The smallest absolute Gasteiger partial charge is 0.417 e. The van der Waals surface area contributed by atoms with Gasteiger partial charge in [-0.25, -0.2) is 4.79 Å². The summed E-state index contributed by atoms with van der Waals surface area (Å²) < 4.78 is 50.8. The van der Waals surface area contributed by atoms with Crippen molar-refractivity contribution < 1.29 is 32.2 Å². The second kappa shape index (κ2) is 7.45. The Morgan fingerprint density at radius 3 is 2.23 bits per heavy atom. The molecule has 2 aromatic rings. The normalized spacial score (nSPS) is 14.1. The highest BCUT2D eigenvalue weighted by Crippen LogP contribution is 2.38. The van der Waals surface area contributed by atoms with Crippen LogP contribution in [0.3, 0.4) is 0 Å². The van der Waals surface area contributed by atoms with Gasteiger partial charge >= 0.3 is 12.1 Å².